The highest BCUT2D eigenvalue weighted by Crippen LogP contribution is 2.21. The minimum Gasteiger partial charge on any atom is -0.324 e. The minimum absolute atomic E-state index is 0.200. The molecular weight excluding hydrogens is 182 g/mol. The van der Waals surface area contributed by atoms with E-state index in [-0.39, 0.29) is 6.04 Å². The van der Waals surface area contributed by atoms with Crippen LogP contribution in [0.15, 0.2) is 24.3 Å². The Kier molecular flexibility index (Phi) is 4.83. The topological polar surface area (TPSA) is 26.0 Å². The summed E-state index contributed by atoms with van der Waals surface area (Å²) in [5.74, 6) is 0.714. The van der Waals surface area contributed by atoms with Gasteiger partial charge in [-0.05, 0) is 29.9 Å². The monoisotopic (exact) mass is 205 g/mol. The SMILES string of the molecule is CCc1ccc(C(N)CC(C)CC)cc1. The Morgan fingerprint density at radius 1 is 1.13 bits per heavy atom. The van der Waals surface area contributed by atoms with Gasteiger partial charge in [0.25, 0.3) is 0 Å². The molecule has 0 fully saturated rings. The lowest BCUT2D eigenvalue weighted by Gasteiger charge is -2.16. The van der Waals surface area contributed by atoms with E-state index in [4.69, 9.17) is 5.73 Å². The van der Waals surface area contributed by atoms with E-state index in [9.17, 15) is 0 Å². The number of hydrogen-bond acceptors (Lipinski definition) is 1. The molecule has 1 aromatic carbocycles. The molecule has 15 heavy (non-hydrogen) atoms. The van der Waals surface area contributed by atoms with Crippen LogP contribution in [0.4, 0.5) is 0 Å². The van der Waals surface area contributed by atoms with Crippen LogP contribution in [-0.4, -0.2) is 0 Å². The molecule has 0 bridgehead atoms. The fraction of sp³-hybridized carbons (Fsp3) is 0.571. The minimum atomic E-state index is 0.200. The maximum absolute atomic E-state index is 6.16. The molecule has 0 amide bonds. The van der Waals surface area contributed by atoms with Crippen molar-refractivity contribution >= 4 is 0 Å². The standard InChI is InChI=1S/C14H23N/c1-4-11(3)10-14(15)13-8-6-12(5-2)7-9-13/h6-9,11,14H,4-5,10,15H2,1-3H3. The Morgan fingerprint density at radius 2 is 1.73 bits per heavy atom. The molecule has 0 saturated carbocycles. The van der Waals surface area contributed by atoms with Gasteiger partial charge in [-0.2, -0.15) is 0 Å². The Hall–Kier alpha value is -0.820. The van der Waals surface area contributed by atoms with Crippen LogP contribution in [0, 0.1) is 5.92 Å². The molecule has 2 N–H and O–H groups in total. The van der Waals surface area contributed by atoms with Gasteiger partial charge >= 0.3 is 0 Å². The Balaban J connectivity index is 2.61. The molecule has 0 aliphatic carbocycles. The summed E-state index contributed by atoms with van der Waals surface area (Å²) in [4.78, 5) is 0. The van der Waals surface area contributed by atoms with E-state index in [2.05, 4.69) is 45.0 Å². The van der Waals surface area contributed by atoms with Gasteiger partial charge < -0.3 is 5.73 Å². The fourth-order valence-corrected chi connectivity index (χ4v) is 1.74. The summed E-state index contributed by atoms with van der Waals surface area (Å²) in [6, 6.07) is 8.92. The van der Waals surface area contributed by atoms with Crippen LogP contribution in [0.25, 0.3) is 0 Å². The van der Waals surface area contributed by atoms with E-state index in [0.29, 0.717) is 5.92 Å². The van der Waals surface area contributed by atoms with Crippen LogP contribution < -0.4 is 5.73 Å². The van der Waals surface area contributed by atoms with E-state index in [1.54, 1.807) is 0 Å². The largest absolute Gasteiger partial charge is 0.324 e. The van der Waals surface area contributed by atoms with Gasteiger partial charge in [-0.3, -0.25) is 0 Å². The maximum Gasteiger partial charge on any atom is 0.0297 e. The molecule has 0 aromatic heterocycles. The highest BCUT2D eigenvalue weighted by molar-refractivity contribution is 5.24. The van der Waals surface area contributed by atoms with Crippen molar-refractivity contribution in [2.75, 3.05) is 0 Å². The van der Waals surface area contributed by atoms with Crippen molar-refractivity contribution in [2.45, 2.75) is 46.1 Å². The highest BCUT2D eigenvalue weighted by Gasteiger charge is 2.09. The zero-order valence-electron chi connectivity index (χ0n) is 10.2. The van der Waals surface area contributed by atoms with Crippen LogP contribution >= 0.6 is 0 Å². The van der Waals surface area contributed by atoms with Crippen LogP contribution in [0.1, 0.15) is 50.8 Å². The van der Waals surface area contributed by atoms with Crippen LogP contribution in [0.2, 0.25) is 0 Å². The average Bonchev–Trinajstić information content (AvgIpc) is 2.29. The molecule has 2 atom stereocenters. The van der Waals surface area contributed by atoms with Crippen molar-refractivity contribution in [3.05, 3.63) is 35.4 Å². The van der Waals surface area contributed by atoms with Crippen molar-refractivity contribution in [3.8, 4) is 0 Å². The quantitative estimate of drug-likeness (QED) is 0.779. The van der Waals surface area contributed by atoms with Crippen molar-refractivity contribution in [1.29, 1.82) is 0 Å². The third kappa shape index (κ3) is 3.67. The van der Waals surface area contributed by atoms with Gasteiger partial charge in [-0.15, -0.1) is 0 Å². The van der Waals surface area contributed by atoms with Crippen molar-refractivity contribution in [2.24, 2.45) is 11.7 Å². The summed E-state index contributed by atoms with van der Waals surface area (Å²) < 4.78 is 0. The van der Waals surface area contributed by atoms with Gasteiger partial charge in [0.2, 0.25) is 0 Å². The Labute approximate surface area is 93.7 Å². The summed E-state index contributed by atoms with van der Waals surface area (Å²) in [6.07, 6.45) is 3.39. The summed E-state index contributed by atoms with van der Waals surface area (Å²) in [7, 11) is 0. The molecule has 84 valence electrons. The van der Waals surface area contributed by atoms with Crippen LogP contribution in [0.5, 0.6) is 0 Å². The van der Waals surface area contributed by atoms with Crippen molar-refractivity contribution < 1.29 is 0 Å². The number of hydrogen-bond donors (Lipinski definition) is 1. The lowest BCUT2D eigenvalue weighted by Crippen LogP contribution is -2.13. The van der Waals surface area contributed by atoms with Crippen LogP contribution in [0.3, 0.4) is 0 Å². The van der Waals surface area contributed by atoms with E-state index in [0.717, 1.165) is 12.8 Å². The van der Waals surface area contributed by atoms with E-state index in [1.807, 2.05) is 0 Å². The molecule has 1 rings (SSSR count). The van der Waals surface area contributed by atoms with E-state index >= 15 is 0 Å². The number of nitrogens with two attached hydrogens (primary N) is 1. The fourth-order valence-electron chi connectivity index (χ4n) is 1.74. The summed E-state index contributed by atoms with van der Waals surface area (Å²) in [5.41, 5.74) is 8.82. The maximum atomic E-state index is 6.16. The summed E-state index contributed by atoms with van der Waals surface area (Å²) >= 11 is 0. The zero-order chi connectivity index (χ0) is 11.3. The summed E-state index contributed by atoms with van der Waals surface area (Å²) in [6.45, 7) is 6.66. The van der Waals surface area contributed by atoms with Gasteiger partial charge in [0.15, 0.2) is 0 Å². The van der Waals surface area contributed by atoms with Gasteiger partial charge in [0.05, 0.1) is 0 Å². The van der Waals surface area contributed by atoms with Crippen molar-refractivity contribution in [3.63, 3.8) is 0 Å². The molecule has 2 unspecified atom stereocenters. The molecule has 0 aliphatic rings. The Bertz CT molecular complexity index is 276. The van der Waals surface area contributed by atoms with Crippen molar-refractivity contribution in [1.82, 2.24) is 0 Å². The predicted octanol–water partition coefficient (Wildman–Crippen LogP) is 3.69. The summed E-state index contributed by atoms with van der Waals surface area (Å²) in [5, 5.41) is 0. The molecule has 0 heterocycles. The lowest BCUT2D eigenvalue weighted by molar-refractivity contribution is 0.461. The molecule has 1 aromatic rings. The first-order chi connectivity index (χ1) is 7.17. The number of benzene rings is 1. The molecule has 1 nitrogen and oxygen atoms in total. The molecule has 1 heteroatoms. The third-order valence-electron chi connectivity index (χ3n) is 3.17. The van der Waals surface area contributed by atoms with Gasteiger partial charge in [-0.1, -0.05) is 51.5 Å². The normalized spacial score (nSPS) is 14.9. The van der Waals surface area contributed by atoms with Crippen LogP contribution in [-0.2, 0) is 6.42 Å². The lowest BCUT2D eigenvalue weighted by atomic mass is 9.94. The van der Waals surface area contributed by atoms with Gasteiger partial charge in [0.1, 0.15) is 0 Å². The smallest absolute Gasteiger partial charge is 0.0297 e. The zero-order valence-corrected chi connectivity index (χ0v) is 10.2. The van der Waals surface area contributed by atoms with E-state index < -0.39 is 0 Å². The highest BCUT2D eigenvalue weighted by atomic mass is 14.6. The predicted molar refractivity (Wildman–Crippen MR) is 66.8 cm³/mol. The molecule has 0 radical (unpaired) electrons. The first-order valence-electron chi connectivity index (χ1n) is 6.01. The second kappa shape index (κ2) is 5.92. The molecule has 0 aliphatic heterocycles. The van der Waals surface area contributed by atoms with Gasteiger partial charge in [0, 0.05) is 6.04 Å². The number of aryl methyl sites for hydroxylation is 1. The molecular formula is C14H23N. The van der Waals surface area contributed by atoms with E-state index in [1.165, 1.54) is 17.5 Å². The first kappa shape index (κ1) is 12.3. The first-order valence-corrected chi connectivity index (χ1v) is 6.01. The number of rotatable bonds is 5. The molecule has 0 saturated heterocycles. The second-order valence-corrected chi connectivity index (χ2v) is 4.45. The third-order valence-corrected chi connectivity index (χ3v) is 3.17. The average molecular weight is 205 g/mol. The Morgan fingerprint density at radius 3 is 2.20 bits per heavy atom. The van der Waals surface area contributed by atoms with Gasteiger partial charge in [-0.25, -0.2) is 0 Å². The second-order valence-electron chi connectivity index (χ2n) is 4.45. The molecule has 0 spiro atoms.